The molecular formula is C12H16N4S. The summed E-state index contributed by atoms with van der Waals surface area (Å²) in [5.41, 5.74) is 7.80. The minimum atomic E-state index is 0.735. The highest BCUT2D eigenvalue weighted by Crippen LogP contribution is 2.25. The third-order valence-electron chi connectivity index (χ3n) is 2.42. The number of nitrogens with zero attached hydrogens (tertiary/aromatic N) is 3. The fourth-order valence-corrected chi connectivity index (χ4v) is 2.47. The molecule has 0 radical (unpaired) electrons. The number of hydrogen-bond acceptors (Lipinski definition) is 4. The van der Waals surface area contributed by atoms with Crippen LogP contribution < -0.4 is 5.73 Å². The molecule has 0 amide bonds. The van der Waals surface area contributed by atoms with Crippen molar-refractivity contribution in [1.82, 2.24) is 14.5 Å². The van der Waals surface area contributed by atoms with Gasteiger partial charge in [0.25, 0.3) is 0 Å². The lowest BCUT2D eigenvalue weighted by atomic mass is 10.4. The van der Waals surface area contributed by atoms with Crippen LogP contribution in [-0.2, 0) is 12.3 Å². The maximum Gasteiger partial charge on any atom is 0.119 e. The molecule has 2 heterocycles. The molecule has 0 aliphatic heterocycles. The van der Waals surface area contributed by atoms with Crippen molar-refractivity contribution in [1.29, 1.82) is 0 Å². The van der Waals surface area contributed by atoms with E-state index in [1.54, 1.807) is 18.0 Å². The minimum Gasteiger partial charge on any atom is -0.397 e. The van der Waals surface area contributed by atoms with Crippen LogP contribution >= 0.6 is 11.8 Å². The van der Waals surface area contributed by atoms with Gasteiger partial charge in [0, 0.05) is 30.4 Å². The Morgan fingerprint density at radius 3 is 3.12 bits per heavy atom. The van der Waals surface area contributed by atoms with Crippen LogP contribution in [0.2, 0.25) is 0 Å². The average Bonchev–Trinajstić information content (AvgIpc) is 2.76. The van der Waals surface area contributed by atoms with Gasteiger partial charge in [-0.25, -0.2) is 9.97 Å². The van der Waals surface area contributed by atoms with Crippen molar-refractivity contribution in [2.45, 2.75) is 30.7 Å². The SMILES string of the molecule is CCCn1cncc1CSc1ncccc1N. The van der Waals surface area contributed by atoms with Gasteiger partial charge in [-0.3, -0.25) is 0 Å². The summed E-state index contributed by atoms with van der Waals surface area (Å²) >= 11 is 1.65. The summed E-state index contributed by atoms with van der Waals surface area (Å²) in [7, 11) is 0. The van der Waals surface area contributed by atoms with Gasteiger partial charge in [0.1, 0.15) is 5.03 Å². The van der Waals surface area contributed by atoms with Crippen LogP contribution in [0.4, 0.5) is 5.69 Å². The summed E-state index contributed by atoms with van der Waals surface area (Å²) in [5, 5.41) is 0.886. The molecule has 0 saturated carbocycles. The third-order valence-corrected chi connectivity index (χ3v) is 3.48. The molecule has 2 aromatic heterocycles. The zero-order valence-electron chi connectivity index (χ0n) is 9.84. The number of imidazole rings is 1. The summed E-state index contributed by atoms with van der Waals surface area (Å²) in [6.45, 7) is 3.17. The molecule has 2 rings (SSSR count). The molecule has 0 aromatic carbocycles. The van der Waals surface area contributed by atoms with E-state index in [1.807, 2.05) is 24.7 Å². The highest BCUT2D eigenvalue weighted by atomic mass is 32.2. The number of rotatable bonds is 5. The van der Waals surface area contributed by atoms with Crippen LogP contribution in [0.5, 0.6) is 0 Å². The van der Waals surface area contributed by atoms with Crippen molar-refractivity contribution in [3.05, 3.63) is 36.5 Å². The smallest absolute Gasteiger partial charge is 0.119 e. The van der Waals surface area contributed by atoms with Crippen LogP contribution in [0.3, 0.4) is 0 Å². The summed E-state index contributed by atoms with van der Waals surface area (Å²) < 4.78 is 2.17. The standard InChI is InChI=1S/C12H16N4S/c1-2-6-16-9-14-7-10(16)8-17-12-11(13)4-3-5-15-12/h3-5,7,9H,2,6,8,13H2,1H3. The van der Waals surface area contributed by atoms with E-state index >= 15 is 0 Å². The van der Waals surface area contributed by atoms with Gasteiger partial charge in [-0.2, -0.15) is 0 Å². The Bertz CT molecular complexity index is 481. The van der Waals surface area contributed by atoms with E-state index < -0.39 is 0 Å². The Morgan fingerprint density at radius 2 is 2.35 bits per heavy atom. The molecule has 4 nitrogen and oxygen atoms in total. The van der Waals surface area contributed by atoms with Crippen molar-refractivity contribution >= 4 is 17.4 Å². The van der Waals surface area contributed by atoms with Crippen LogP contribution in [0, 0.1) is 0 Å². The number of aryl methyl sites for hydroxylation is 1. The quantitative estimate of drug-likeness (QED) is 0.826. The number of nitrogens with two attached hydrogens (primary N) is 1. The predicted octanol–water partition coefficient (Wildman–Crippen LogP) is 2.56. The first kappa shape index (κ1) is 12.0. The Labute approximate surface area is 105 Å². The summed E-state index contributed by atoms with van der Waals surface area (Å²) in [5.74, 6) is 0.848. The van der Waals surface area contributed by atoms with Gasteiger partial charge in [0.2, 0.25) is 0 Å². The Morgan fingerprint density at radius 1 is 1.47 bits per heavy atom. The van der Waals surface area contributed by atoms with Gasteiger partial charge in [0.15, 0.2) is 0 Å². The maximum atomic E-state index is 5.85. The molecule has 2 N–H and O–H groups in total. The van der Waals surface area contributed by atoms with Crippen LogP contribution in [0.15, 0.2) is 35.9 Å². The van der Waals surface area contributed by atoms with Gasteiger partial charge in [-0.1, -0.05) is 18.7 Å². The zero-order chi connectivity index (χ0) is 12.1. The summed E-state index contributed by atoms with van der Waals surface area (Å²) in [6.07, 6.45) is 6.66. The van der Waals surface area contributed by atoms with Crippen molar-refractivity contribution in [2.24, 2.45) is 0 Å². The molecule has 0 aliphatic carbocycles. The number of hydrogen-bond donors (Lipinski definition) is 1. The first-order valence-electron chi connectivity index (χ1n) is 5.63. The van der Waals surface area contributed by atoms with E-state index in [1.165, 1.54) is 5.69 Å². The molecule has 90 valence electrons. The second kappa shape index (κ2) is 5.72. The molecule has 0 atom stereocenters. The van der Waals surface area contributed by atoms with E-state index in [0.29, 0.717) is 0 Å². The molecule has 2 aromatic rings. The first-order chi connectivity index (χ1) is 8.31. The van der Waals surface area contributed by atoms with Crippen LogP contribution in [-0.4, -0.2) is 14.5 Å². The molecule has 0 fully saturated rings. The van der Waals surface area contributed by atoms with E-state index in [4.69, 9.17) is 5.73 Å². The largest absolute Gasteiger partial charge is 0.397 e. The second-order valence-electron chi connectivity index (χ2n) is 3.76. The molecule has 0 bridgehead atoms. The van der Waals surface area contributed by atoms with Crippen LogP contribution in [0.1, 0.15) is 19.0 Å². The fourth-order valence-electron chi connectivity index (χ4n) is 1.58. The Kier molecular flexibility index (Phi) is 4.03. The molecular weight excluding hydrogens is 232 g/mol. The third kappa shape index (κ3) is 3.00. The number of nitrogen functional groups attached to an aromatic ring is 1. The van der Waals surface area contributed by atoms with Gasteiger partial charge < -0.3 is 10.3 Å². The Hall–Kier alpha value is -1.49. The van der Waals surface area contributed by atoms with Crippen molar-refractivity contribution in [3.63, 3.8) is 0 Å². The monoisotopic (exact) mass is 248 g/mol. The number of aromatic nitrogens is 3. The van der Waals surface area contributed by atoms with Gasteiger partial charge >= 0.3 is 0 Å². The molecule has 0 spiro atoms. The molecule has 0 aliphatic rings. The molecule has 0 saturated heterocycles. The summed E-state index contributed by atoms with van der Waals surface area (Å²) in [6, 6.07) is 3.72. The minimum absolute atomic E-state index is 0.735. The van der Waals surface area contributed by atoms with E-state index in [9.17, 15) is 0 Å². The van der Waals surface area contributed by atoms with Crippen LogP contribution in [0.25, 0.3) is 0 Å². The van der Waals surface area contributed by atoms with Crippen molar-refractivity contribution < 1.29 is 0 Å². The molecule has 17 heavy (non-hydrogen) atoms. The van der Waals surface area contributed by atoms with Gasteiger partial charge in [-0.05, 0) is 18.6 Å². The number of thioether (sulfide) groups is 1. The van der Waals surface area contributed by atoms with E-state index in [0.717, 1.165) is 29.4 Å². The lowest BCUT2D eigenvalue weighted by molar-refractivity contribution is 0.659. The lowest BCUT2D eigenvalue weighted by Gasteiger charge is -2.07. The van der Waals surface area contributed by atoms with Gasteiger partial charge in [0.05, 0.1) is 12.0 Å². The van der Waals surface area contributed by atoms with E-state index in [-0.39, 0.29) is 0 Å². The average molecular weight is 248 g/mol. The summed E-state index contributed by atoms with van der Waals surface area (Å²) in [4.78, 5) is 8.44. The normalized spacial score (nSPS) is 10.6. The second-order valence-corrected chi connectivity index (χ2v) is 4.73. The first-order valence-corrected chi connectivity index (χ1v) is 6.62. The number of pyridine rings is 1. The lowest BCUT2D eigenvalue weighted by Crippen LogP contribution is -2.00. The number of anilines is 1. The van der Waals surface area contributed by atoms with Gasteiger partial charge in [-0.15, -0.1) is 0 Å². The fraction of sp³-hybridized carbons (Fsp3) is 0.333. The van der Waals surface area contributed by atoms with Crippen molar-refractivity contribution in [2.75, 3.05) is 5.73 Å². The van der Waals surface area contributed by atoms with Crippen molar-refractivity contribution in [3.8, 4) is 0 Å². The highest BCUT2D eigenvalue weighted by molar-refractivity contribution is 7.98. The maximum absolute atomic E-state index is 5.85. The predicted molar refractivity (Wildman–Crippen MR) is 70.7 cm³/mol. The Balaban J connectivity index is 2.02. The topological polar surface area (TPSA) is 56.7 Å². The molecule has 5 heteroatoms. The molecule has 0 unspecified atom stereocenters. The highest BCUT2D eigenvalue weighted by Gasteiger charge is 2.05. The zero-order valence-corrected chi connectivity index (χ0v) is 10.7. The van der Waals surface area contributed by atoms with E-state index in [2.05, 4.69) is 21.5 Å².